The van der Waals surface area contributed by atoms with Crippen LogP contribution in [0.5, 0.6) is 0 Å². The van der Waals surface area contributed by atoms with E-state index in [4.69, 9.17) is 11.6 Å². The van der Waals surface area contributed by atoms with Gasteiger partial charge in [0.05, 0.1) is 12.1 Å². The summed E-state index contributed by atoms with van der Waals surface area (Å²) in [6.07, 6.45) is 4.99. The molecule has 0 amide bonds. The number of rotatable bonds is 4. The molecule has 0 atom stereocenters. The normalized spacial score (nSPS) is 17.9. The highest BCUT2D eigenvalue weighted by Gasteiger charge is 2.36. The molecule has 1 saturated carbocycles. The van der Waals surface area contributed by atoms with E-state index in [1.165, 1.54) is 11.8 Å². The summed E-state index contributed by atoms with van der Waals surface area (Å²) in [6, 6.07) is 1.69. The molecule has 1 aromatic heterocycles. The van der Waals surface area contributed by atoms with Crippen LogP contribution in [-0.4, -0.2) is 33.5 Å². The fourth-order valence-electron chi connectivity index (χ4n) is 1.75. The molecule has 2 N–H and O–H groups in total. The smallest absolute Gasteiger partial charge is 0.190 e. The fourth-order valence-corrected chi connectivity index (χ4v) is 2.36. The number of aromatic nitrogens is 2. The first-order valence-electron chi connectivity index (χ1n) is 5.15. The molecule has 0 unspecified atom stereocenters. The van der Waals surface area contributed by atoms with Crippen LogP contribution in [-0.2, 0) is 0 Å². The average molecular weight is 260 g/mol. The summed E-state index contributed by atoms with van der Waals surface area (Å²) in [5.74, 6) is 0.693. The molecule has 0 bridgehead atoms. The Morgan fingerprint density at radius 3 is 2.81 bits per heavy atom. The van der Waals surface area contributed by atoms with Crippen LogP contribution in [0.3, 0.4) is 0 Å². The molecule has 1 heterocycles. The van der Waals surface area contributed by atoms with E-state index < -0.39 is 0 Å². The Kier molecular flexibility index (Phi) is 3.56. The van der Waals surface area contributed by atoms with Crippen LogP contribution in [0.2, 0.25) is 5.15 Å². The quantitative estimate of drug-likeness (QED) is 0.493. The summed E-state index contributed by atoms with van der Waals surface area (Å²) in [6.45, 7) is 0.128. The lowest BCUT2D eigenvalue weighted by atomic mass is 9.77. The molecule has 4 nitrogen and oxygen atoms in total. The van der Waals surface area contributed by atoms with Gasteiger partial charge in [-0.05, 0) is 25.5 Å². The number of thioether (sulfide) groups is 1. The molecule has 6 heteroatoms. The first-order valence-corrected chi connectivity index (χ1v) is 6.75. The lowest BCUT2D eigenvalue weighted by Crippen LogP contribution is -2.48. The largest absolute Gasteiger partial charge is 0.394 e. The van der Waals surface area contributed by atoms with Gasteiger partial charge in [0.15, 0.2) is 5.16 Å². The molecule has 2 rings (SSSR count). The maximum absolute atomic E-state index is 9.35. The van der Waals surface area contributed by atoms with E-state index in [1.807, 2.05) is 6.26 Å². The van der Waals surface area contributed by atoms with Crippen molar-refractivity contribution in [1.29, 1.82) is 0 Å². The van der Waals surface area contributed by atoms with Crippen molar-refractivity contribution in [3.63, 3.8) is 0 Å². The number of aliphatic hydroxyl groups excluding tert-OH is 1. The summed E-state index contributed by atoms with van der Waals surface area (Å²) in [5.41, 5.74) is -0.201. The maximum atomic E-state index is 9.35. The van der Waals surface area contributed by atoms with E-state index in [0.717, 1.165) is 19.3 Å². The molecular formula is C10H14ClN3OS. The zero-order valence-electron chi connectivity index (χ0n) is 9.03. The van der Waals surface area contributed by atoms with E-state index in [-0.39, 0.29) is 12.1 Å². The second kappa shape index (κ2) is 4.77. The first-order chi connectivity index (χ1) is 7.67. The second-order valence-electron chi connectivity index (χ2n) is 3.98. The van der Waals surface area contributed by atoms with Gasteiger partial charge in [-0.1, -0.05) is 23.4 Å². The van der Waals surface area contributed by atoms with Crippen molar-refractivity contribution in [2.45, 2.75) is 30.0 Å². The lowest BCUT2D eigenvalue weighted by Gasteiger charge is -2.41. The van der Waals surface area contributed by atoms with Crippen molar-refractivity contribution in [3.8, 4) is 0 Å². The highest BCUT2D eigenvalue weighted by atomic mass is 35.5. The predicted molar refractivity (Wildman–Crippen MR) is 66.1 cm³/mol. The number of halogens is 1. The average Bonchev–Trinajstić information content (AvgIpc) is 2.22. The van der Waals surface area contributed by atoms with Crippen molar-refractivity contribution >= 4 is 29.2 Å². The van der Waals surface area contributed by atoms with Crippen molar-refractivity contribution in [2.75, 3.05) is 18.2 Å². The molecular weight excluding hydrogens is 246 g/mol. The molecule has 0 radical (unpaired) electrons. The number of nitrogens with one attached hydrogen (secondary N) is 1. The Bertz CT molecular complexity index is 379. The molecule has 0 spiro atoms. The summed E-state index contributed by atoms with van der Waals surface area (Å²) >= 11 is 7.34. The van der Waals surface area contributed by atoms with Gasteiger partial charge in [-0.15, -0.1) is 0 Å². The van der Waals surface area contributed by atoms with Gasteiger partial charge in [0.1, 0.15) is 11.0 Å². The third kappa shape index (κ3) is 2.42. The Morgan fingerprint density at radius 1 is 1.56 bits per heavy atom. The third-order valence-electron chi connectivity index (χ3n) is 2.86. The van der Waals surface area contributed by atoms with E-state index in [2.05, 4.69) is 15.3 Å². The van der Waals surface area contributed by atoms with Crippen molar-refractivity contribution < 1.29 is 5.11 Å². The Labute approximate surface area is 104 Å². The molecule has 0 saturated heterocycles. The van der Waals surface area contributed by atoms with Gasteiger partial charge >= 0.3 is 0 Å². The second-order valence-corrected chi connectivity index (χ2v) is 5.14. The van der Waals surface area contributed by atoms with Crippen molar-refractivity contribution in [3.05, 3.63) is 11.2 Å². The minimum absolute atomic E-state index is 0.128. The molecule has 1 fully saturated rings. The summed E-state index contributed by atoms with van der Waals surface area (Å²) in [7, 11) is 0. The predicted octanol–water partition coefficient (Wildman–Crippen LogP) is 2.18. The van der Waals surface area contributed by atoms with E-state index in [9.17, 15) is 5.11 Å². The van der Waals surface area contributed by atoms with Gasteiger partial charge in [0.2, 0.25) is 0 Å². The van der Waals surface area contributed by atoms with E-state index >= 15 is 0 Å². The third-order valence-corrected chi connectivity index (χ3v) is 3.60. The Morgan fingerprint density at radius 2 is 2.31 bits per heavy atom. The van der Waals surface area contributed by atoms with Crippen LogP contribution >= 0.6 is 23.4 Å². The Hall–Kier alpha value is -0.520. The molecule has 88 valence electrons. The minimum Gasteiger partial charge on any atom is -0.394 e. The zero-order valence-corrected chi connectivity index (χ0v) is 10.6. The van der Waals surface area contributed by atoms with Crippen LogP contribution in [0.25, 0.3) is 0 Å². The zero-order chi connectivity index (χ0) is 11.6. The standard InChI is InChI=1S/C10H14ClN3OS/c1-16-9-12-7(11)5-8(13-9)14-10(6-15)3-2-4-10/h5,15H,2-4,6H2,1H3,(H,12,13,14). The number of hydrogen-bond acceptors (Lipinski definition) is 5. The summed E-state index contributed by atoms with van der Waals surface area (Å²) in [5, 5.41) is 13.7. The van der Waals surface area contributed by atoms with E-state index in [0.29, 0.717) is 16.1 Å². The fraction of sp³-hybridized carbons (Fsp3) is 0.600. The molecule has 1 aliphatic carbocycles. The van der Waals surface area contributed by atoms with E-state index in [1.54, 1.807) is 6.07 Å². The highest BCUT2D eigenvalue weighted by molar-refractivity contribution is 7.98. The number of anilines is 1. The topological polar surface area (TPSA) is 58.0 Å². The van der Waals surface area contributed by atoms with Gasteiger partial charge in [0.25, 0.3) is 0 Å². The molecule has 1 aliphatic rings. The number of nitrogens with zero attached hydrogens (tertiary/aromatic N) is 2. The molecule has 1 aromatic rings. The van der Waals surface area contributed by atoms with Gasteiger partial charge < -0.3 is 10.4 Å². The van der Waals surface area contributed by atoms with Gasteiger partial charge in [0, 0.05) is 6.07 Å². The van der Waals surface area contributed by atoms with Crippen LogP contribution in [0.1, 0.15) is 19.3 Å². The van der Waals surface area contributed by atoms with Gasteiger partial charge in [-0.25, -0.2) is 9.97 Å². The van der Waals surface area contributed by atoms with Crippen LogP contribution in [0.15, 0.2) is 11.2 Å². The SMILES string of the molecule is CSc1nc(Cl)cc(NC2(CO)CCC2)n1. The maximum Gasteiger partial charge on any atom is 0.190 e. The number of aliphatic hydroxyl groups is 1. The number of hydrogen-bond donors (Lipinski definition) is 2. The summed E-state index contributed by atoms with van der Waals surface area (Å²) < 4.78 is 0. The Balaban J connectivity index is 2.17. The van der Waals surface area contributed by atoms with Crippen LogP contribution < -0.4 is 5.32 Å². The van der Waals surface area contributed by atoms with Gasteiger partial charge in [-0.3, -0.25) is 0 Å². The van der Waals surface area contributed by atoms with Crippen molar-refractivity contribution in [2.24, 2.45) is 0 Å². The van der Waals surface area contributed by atoms with Crippen molar-refractivity contribution in [1.82, 2.24) is 9.97 Å². The molecule has 16 heavy (non-hydrogen) atoms. The monoisotopic (exact) mass is 259 g/mol. The minimum atomic E-state index is -0.201. The molecule has 0 aliphatic heterocycles. The van der Waals surface area contributed by atoms with Gasteiger partial charge in [-0.2, -0.15) is 0 Å². The van der Waals surface area contributed by atoms with Crippen LogP contribution in [0.4, 0.5) is 5.82 Å². The van der Waals surface area contributed by atoms with Crippen LogP contribution in [0, 0.1) is 0 Å². The lowest BCUT2D eigenvalue weighted by molar-refractivity contribution is 0.143. The molecule has 0 aromatic carbocycles. The first kappa shape index (κ1) is 12.0. The highest BCUT2D eigenvalue weighted by Crippen LogP contribution is 2.34. The summed E-state index contributed by atoms with van der Waals surface area (Å²) in [4.78, 5) is 8.38.